The first-order chi connectivity index (χ1) is 31.0. The number of hydrogen-bond donors (Lipinski definition) is 4. The molecule has 1 amide bonds. The standard InChI is InChI=1S/C43H34ClF8N9O3S/c44-27-8-10-31(35(54-12-11-45)34(27)39(53)59-65(64)22-5-6-22)61-41(57-40-24(42(61)63)7-9-29(56-40)23-3-1-2-4-28(23)48)30(15-19-13-20(46)16-21(47)14-19)55-32(62)18-60-37-33(36(58-60)38(49)50)25-17-26(25)43(37,51)52/h1-4,7-10,13-14,16,22,25-26,30,38,54H,5-6,11-12,15,17-18H2,(H2,53,59)(H,55,62). The van der Waals surface area contributed by atoms with Crippen LogP contribution in [0.2, 0.25) is 5.02 Å². The van der Waals surface area contributed by atoms with Crippen molar-refractivity contribution in [1.82, 2.24) is 34.4 Å². The number of carbonyl (C=O) groups excluding carboxylic acids is 1. The largest absolute Gasteiger partial charge is 0.593 e. The fraction of sp³-hybridized carbons (Fsp3) is 0.302. The van der Waals surface area contributed by atoms with Crippen molar-refractivity contribution in [1.29, 1.82) is 5.41 Å². The summed E-state index contributed by atoms with van der Waals surface area (Å²) >= 11 is 4.92. The molecule has 9 rings (SSSR count). The van der Waals surface area contributed by atoms with E-state index in [4.69, 9.17) is 17.0 Å². The molecule has 0 radical (unpaired) electrons. The van der Waals surface area contributed by atoms with Crippen molar-refractivity contribution in [2.24, 2.45) is 5.92 Å². The average molecular weight is 944 g/mol. The molecule has 3 heterocycles. The van der Waals surface area contributed by atoms with Gasteiger partial charge in [-0.1, -0.05) is 23.7 Å². The van der Waals surface area contributed by atoms with E-state index in [1.165, 1.54) is 42.5 Å². The maximum absolute atomic E-state index is 15.6. The van der Waals surface area contributed by atoms with Crippen molar-refractivity contribution in [2.75, 3.05) is 18.5 Å². The van der Waals surface area contributed by atoms with Crippen LogP contribution >= 0.6 is 11.6 Å². The van der Waals surface area contributed by atoms with Crippen LogP contribution in [0, 0.1) is 28.8 Å². The topological polar surface area (TPSA) is 166 Å². The van der Waals surface area contributed by atoms with Gasteiger partial charge in [0.15, 0.2) is 11.5 Å². The number of nitrogens with zero attached hydrogens (tertiary/aromatic N) is 5. The van der Waals surface area contributed by atoms with Gasteiger partial charge in [-0.2, -0.15) is 18.6 Å². The Hall–Kier alpha value is -6.06. The van der Waals surface area contributed by atoms with Crippen molar-refractivity contribution in [2.45, 2.75) is 61.8 Å². The Kier molecular flexibility index (Phi) is 11.6. The Morgan fingerprint density at radius 3 is 2.46 bits per heavy atom. The molecule has 3 aromatic heterocycles. The lowest BCUT2D eigenvalue weighted by atomic mass is 10.0. The Morgan fingerprint density at radius 1 is 1.03 bits per heavy atom. The number of nitrogens with one attached hydrogen (secondary N) is 4. The summed E-state index contributed by atoms with van der Waals surface area (Å²) in [6, 6.07) is 11.6. The minimum atomic E-state index is -3.59. The highest BCUT2D eigenvalue weighted by molar-refractivity contribution is 7.91. The lowest BCUT2D eigenvalue weighted by Crippen LogP contribution is -2.38. The van der Waals surface area contributed by atoms with E-state index in [0.717, 1.165) is 16.7 Å². The minimum Gasteiger partial charge on any atom is -0.593 e. The molecule has 65 heavy (non-hydrogen) atoms. The quantitative estimate of drug-likeness (QED) is 0.0347. The Bertz CT molecular complexity index is 2950. The zero-order valence-electron chi connectivity index (χ0n) is 33.5. The number of rotatable bonds is 15. The van der Waals surface area contributed by atoms with Gasteiger partial charge in [-0.25, -0.2) is 36.3 Å². The van der Waals surface area contributed by atoms with Crippen LogP contribution in [0.15, 0.2) is 71.5 Å². The third kappa shape index (κ3) is 8.28. The van der Waals surface area contributed by atoms with Crippen LogP contribution in [-0.2, 0) is 35.0 Å². The van der Waals surface area contributed by atoms with E-state index in [0.29, 0.717) is 23.6 Å². The first kappa shape index (κ1) is 44.2. The third-order valence-electron chi connectivity index (χ3n) is 11.4. The Labute approximate surface area is 371 Å². The second kappa shape index (κ2) is 17.1. The van der Waals surface area contributed by atoms with Gasteiger partial charge in [-0.05, 0) is 66.4 Å². The molecule has 4 atom stereocenters. The van der Waals surface area contributed by atoms with Gasteiger partial charge in [-0.3, -0.25) is 24.2 Å². The smallest absolute Gasteiger partial charge is 0.293 e. The zero-order valence-corrected chi connectivity index (χ0v) is 35.0. The summed E-state index contributed by atoms with van der Waals surface area (Å²) in [6.07, 6.45) is -2.60. The van der Waals surface area contributed by atoms with Crippen molar-refractivity contribution in [3.8, 4) is 16.9 Å². The van der Waals surface area contributed by atoms with E-state index < -0.39 is 120 Å². The molecule has 0 spiro atoms. The summed E-state index contributed by atoms with van der Waals surface area (Å²) in [5.74, 6) is -10.5. The number of hydrogen-bond acceptors (Lipinski definition) is 8. The normalized spacial score (nSPS) is 18.0. The van der Waals surface area contributed by atoms with E-state index in [1.54, 1.807) is 6.07 Å². The van der Waals surface area contributed by atoms with Crippen molar-refractivity contribution >= 4 is 51.4 Å². The molecule has 0 aliphatic heterocycles. The molecule has 6 aromatic rings. The SMILES string of the molecule is N=C(N[S+]([O-])C1CC1)c1c(Cl)ccc(-n2c(C(Cc3cc(F)cc(F)c3)NC(=O)Cn3nc(C(F)F)c4c3C(F)(F)C3CC43)nc3nc(-c4ccccc4F)ccc3c2=O)c1NCCF. The summed E-state index contributed by atoms with van der Waals surface area (Å²) < 4.78 is 135. The number of fused-ring (bicyclic) bond motifs is 4. The van der Waals surface area contributed by atoms with E-state index in [1.807, 2.05) is 0 Å². The molecular weight excluding hydrogens is 910 g/mol. The summed E-state index contributed by atoms with van der Waals surface area (Å²) in [4.78, 5) is 38.4. The van der Waals surface area contributed by atoms with E-state index in [-0.39, 0.29) is 67.0 Å². The number of alkyl halides is 5. The highest BCUT2D eigenvalue weighted by Gasteiger charge is 2.67. The van der Waals surface area contributed by atoms with Gasteiger partial charge in [0.1, 0.15) is 53.1 Å². The molecule has 3 aromatic carbocycles. The van der Waals surface area contributed by atoms with Crippen molar-refractivity contribution in [3.63, 3.8) is 0 Å². The van der Waals surface area contributed by atoms with E-state index >= 15 is 18.0 Å². The monoisotopic (exact) mass is 943 g/mol. The molecule has 3 aliphatic carbocycles. The molecule has 4 unspecified atom stereocenters. The van der Waals surface area contributed by atoms with Crippen molar-refractivity contribution in [3.05, 3.63) is 133 Å². The van der Waals surface area contributed by atoms with Gasteiger partial charge in [-0.15, -0.1) is 0 Å². The zero-order chi connectivity index (χ0) is 46.1. The number of halogens is 9. The number of carbonyl (C=O) groups is 1. The number of anilines is 1. The van der Waals surface area contributed by atoms with Gasteiger partial charge < -0.3 is 15.2 Å². The van der Waals surface area contributed by atoms with E-state index in [9.17, 15) is 31.3 Å². The molecule has 22 heteroatoms. The Morgan fingerprint density at radius 2 is 1.77 bits per heavy atom. The fourth-order valence-corrected chi connectivity index (χ4v) is 9.65. The maximum Gasteiger partial charge on any atom is 0.293 e. The molecule has 0 bridgehead atoms. The summed E-state index contributed by atoms with van der Waals surface area (Å²) in [7, 11) is 0. The van der Waals surface area contributed by atoms with E-state index in [2.05, 4.69) is 30.4 Å². The number of pyridine rings is 1. The van der Waals surface area contributed by atoms with Gasteiger partial charge in [0, 0.05) is 48.9 Å². The second-order valence-electron chi connectivity index (χ2n) is 15.8. The van der Waals surface area contributed by atoms with Gasteiger partial charge >= 0.3 is 0 Å². The highest BCUT2D eigenvalue weighted by atomic mass is 35.5. The molecule has 2 fully saturated rings. The molecule has 12 nitrogen and oxygen atoms in total. The third-order valence-corrected chi connectivity index (χ3v) is 13.2. The van der Waals surface area contributed by atoms with Crippen molar-refractivity contribution < 1.29 is 44.5 Å². The molecule has 3 aliphatic rings. The van der Waals surface area contributed by atoms with Crippen LogP contribution in [0.25, 0.3) is 28.0 Å². The van der Waals surface area contributed by atoms with Crippen LogP contribution in [0.4, 0.5) is 40.8 Å². The van der Waals surface area contributed by atoms with Crippen LogP contribution < -0.4 is 20.9 Å². The van der Waals surface area contributed by atoms with Gasteiger partial charge in [0.2, 0.25) is 5.91 Å². The number of amides is 1. The number of benzene rings is 3. The molecule has 338 valence electrons. The minimum absolute atomic E-state index is 0.0148. The number of aromatic nitrogens is 5. The van der Waals surface area contributed by atoms with Gasteiger partial charge in [0.25, 0.3) is 17.9 Å². The fourth-order valence-electron chi connectivity index (χ4n) is 8.36. The molecule has 2 saturated carbocycles. The second-order valence-corrected chi connectivity index (χ2v) is 17.7. The highest BCUT2D eigenvalue weighted by Crippen LogP contribution is 2.68. The molecular formula is C43H34ClF8N9O3S. The average Bonchev–Trinajstić information content (AvgIpc) is 4.19. The van der Waals surface area contributed by atoms with Crippen LogP contribution in [-0.4, -0.2) is 59.1 Å². The van der Waals surface area contributed by atoms with Crippen LogP contribution in [0.3, 0.4) is 0 Å². The van der Waals surface area contributed by atoms with Crippen LogP contribution in [0.5, 0.6) is 0 Å². The van der Waals surface area contributed by atoms with Gasteiger partial charge in [0.05, 0.1) is 50.4 Å². The molecule has 0 saturated heterocycles. The molecule has 4 N–H and O–H groups in total. The first-order valence-electron chi connectivity index (χ1n) is 20.1. The summed E-state index contributed by atoms with van der Waals surface area (Å²) in [5.41, 5.74) is -3.88. The predicted molar refractivity (Wildman–Crippen MR) is 224 cm³/mol. The lowest BCUT2D eigenvalue weighted by Gasteiger charge is -2.26. The summed E-state index contributed by atoms with van der Waals surface area (Å²) in [6.45, 7) is -2.45. The lowest BCUT2D eigenvalue weighted by molar-refractivity contribution is -0.123. The maximum atomic E-state index is 15.6. The number of amidine groups is 1. The summed E-state index contributed by atoms with van der Waals surface area (Å²) in [5, 5.41) is 17.5. The van der Waals surface area contributed by atoms with Crippen LogP contribution in [0.1, 0.15) is 71.6 Å². The Balaban J connectivity index is 1.24. The first-order valence-corrected chi connectivity index (χ1v) is 21.7. The predicted octanol–water partition coefficient (Wildman–Crippen LogP) is 8.08.